The first-order chi connectivity index (χ1) is 12.0. The number of halogens is 1. The van der Waals surface area contributed by atoms with Crippen LogP contribution >= 0.6 is 11.6 Å². The molecule has 25 heavy (non-hydrogen) atoms. The zero-order chi connectivity index (χ0) is 17.9. The Kier molecular flexibility index (Phi) is 4.86. The summed E-state index contributed by atoms with van der Waals surface area (Å²) in [5.41, 5.74) is 0.750. The maximum atomic E-state index is 12.5. The van der Waals surface area contributed by atoms with Gasteiger partial charge in [0.25, 0.3) is 5.89 Å². The number of aromatic nitrogens is 2. The third-order valence-electron chi connectivity index (χ3n) is 3.87. The summed E-state index contributed by atoms with van der Waals surface area (Å²) in [7, 11) is 0. The van der Waals surface area contributed by atoms with Crippen molar-refractivity contribution in [3.63, 3.8) is 0 Å². The second kappa shape index (κ2) is 7.07. The SMILES string of the molecule is CC(C)(C(=O)OCc1nnc(-c2ccccc2)o1)c1cccc(Cl)c1. The molecule has 0 fully saturated rings. The van der Waals surface area contributed by atoms with Crippen molar-refractivity contribution in [1.29, 1.82) is 0 Å². The van der Waals surface area contributed by atoms with Crippen LogP contribution in [0.3, 0.4) is 0 Å². The maximum absolute atomic E-state index is 12.5. The average molecular weight is 357 g/mol. The third-order valence-corrected chi connectivity index (χ3v) is 4.11. The van der Waals surface area contributed by atoms with E-state index in [0.29, 0.717) is 10.9 Å². The number of rotatable bonds is 5. The molecule has 0 amide bonds. The van der Waals surface area contributed by atoms with E-state index in [1.807, 2.05) is 36.4 Å². The molecule has 3 aromatic rings. The van der Waals surface area contributed by atoms with Gasteiger partial charge in [0.15, 0.2) is 6.61 Å². The molecule has 6 heteroatoms. The molecular weight excluding hydrogens is 340 g/mol. The molecular formula is C19H17ClN2O3. The lowest BCUT2D eigenvalue weighted by molar-refractivity contribution is -0.151. The van der Waals surface area contributed by atoms with Crippen LogP contribution in [0.2, 0.25) is 5.02 Å². The van der Waals surface area contributed by atoms with Gasteiger partial charge in [0.1, 0.15) is 0 Å². The van der Waals surface area contributed by atoms with E-state index in [9.17, 15) is 4.79 Å². The van der Waals surface area contributed by atoms with Gasteiger partial charge in [-0.1, -0.05) is 41.9 Å². The van der Waals surface area contributed by atoms with Crippen molar-refractivity contribution in [2.45, 2.75) is 25.9 Å². The van der Waals surface area contributed by atoms with Crippen LogP contribution in [0.5, 0.6) is 0 Å². The molecule has 3 rings (SSSR count). The Bertz CT molecular complexity index is 875. The molecule has 0 unspecified atom stereocenters. The fourth-order valence-electron chi connectivity index (χ4n) is 2.31. The van der Waals surface area contributed by atoms with Gasteiger partial charge >= 0.3 is 5.97 Å². The normalized spacial score (nSPS) is 11.3. The van der Waals surface area contributed by atoms with Crippen molar-refractivity contribution >= 4 is 17.6 Å². The Morgan fingerprint density at radius 1 is 1.12 bits per heavy atom. The van der Waals surface area contributed by atoms with E-state index >= 15 is 0 Å². The summed E-state index contributed by atoms with van der Waals surface area (Å²) < 4.78 is 10.9. The van der Waals surface area contributed by atoms with Gasteiger partial charge in [-0.25, -0.2) is 0 Å². The maximum Gasteiger partial charge on any atom is 0.316 e. The zero-order valence-electron chi connectivity index (χ0n) is 13.9. The van der Waals surface area contributed by atoms with E-state index in [1.54, 1.807) is 32.0 Å². The van der Waals surface area contributed by atoms with Gasteiger partial charge in [0.2, 0.25) is 5.89 Å². The molecule has 0 aliphatic heterocycles. The number of esters is 1. The molecule has 5 nitrogen and oxygen atoms in total. The lowest BCUT2D eigenvalue weighted by Crippen LogP contribution is -2.31. The second-order valence-corrected chi connectivity index (χ2v) is 6.51. The minimum Gasteiger partial charge on any atom is -0.455 e. The van der Waals surface area contributed by atoms with Crippen LogP contribution in [0.1, 0.15) is 25.3 Å². The van der Waals surface area contributed by atoms with E-state index in [0.717, 1.165) is 11.1 Å². The molecule has 2 aromatic carbocycles. The Labute approximate surface area is 150 Å². The molecule has 0 radical (unpaired) electrons. The van der Waals surface area contributed by atoms with Crippen molar-refractivity contribution in [3.8, 4) is 11.5 Å². The van der Waals surface area contributed by atoms with Gasteiger partial charge in [-0.05, 0) is 43.7 Å². The average Bonchev–Trinajstić information content (AvgIpc) is 3.09. The fraction of sp³-hybridized carbons (Fsp3) is 0.211. The molecule has 0 atom stereocenters. The molecule has 0 bridgehead atoms. The summed E-state index contributed by atoms with van der Waals surface area (Å²) in [4.78, 5) is 12.5. The smallest absolute Gasteiger partial charge is 0.316 e. The van der Waals surface area contributed by atoms with Crippen molar-refractivity contribution in [3.05, 3.63) is 71.1 Å². The largest absolute Gasteiger partial charge is 0.455 e. The van der Waals surface area contributed by atoms with Crippen LogP contribution < -0.4 is 0 Å². The number of benzene rings is 2. The summed E-state index contributed by atoms with van der Waals surface area (Å²) in [5, 5.41) is 8.46. The Morgan fingerprint density at radius 2 is 1.88 bits per heavy atom. The molecule has 0 saturated heterocycles. The third kappa shape index (κ3) is 3.88. The minimum atomic E-state index is -0.840. The lowest BCUT2D eigenvalue weighted by Gasteiger charge is -2.22. The summed E-state index contributed by atoms with van der Waals surface area (Å²) in [5.74, 6) is 0.240. The predicted octanol–water partition coefficient (Wildman–Crippen LogP) is 4.41. The lowest BCUT2D eigenvalue weighted by atomic mass is 9.85. The number of carbonyl (C=O) groups excluding carboxylic acids is 1. The van der Waals surface area contributed by atoms with Crippen molar-refractivity contribution in [2.75, 3.05) is 0 Å². The zero-order valence-corrected chi connectivity index (χ0v) is 14.7. The van der Waals surface area contributed by atoms with Crippen molar-refractivity contribution in [1.82, 2.24) is 10.2 Å². The number of hydrogen-bond donors (Lipinski definition) is 0. The van der Waals surface area contributed by atoms with Gasteiger partial charge in [-0.3, -0.25) is 4.79 Å². The summed E-state index contributed by atoms with van der Waals surface area (Å²) >= 11 is 6.00. The standard InChI is InChI=1S/C19H17ClN2O3/c1-19(2,14-9-6-10-15(20)11-14)18(23)24-12-16-21-22-17(25-16)13-7-4-3-5-8-13/h3-11H,12H2,1-2H3. The highest BCUT2D eigenvalue weighted by molar-refractivity contribution is 6.30. The fourth-order valence-corrected chi connectivity index (χ4v) is 2.50. The van der Waals surface area contributed by atoms with E-state index in [-0.39, 0.29) is 12.5 Å². The van der Waals surface area contributed by atoms with Crippen LogP contribution in [0.4, 0.5) is 0 Å². The van der Waals surface area contributed by atoms with E-state index in [2.05, 4.69) is 10.2 Å². The number of ether oxygens (including phenoxy) is 1. The summed E-state index contributed by atoms with van der Waals surface area (Å²) in [6.45, 7) is 3.48. The minimum absolute atomic E-state index is 0.0807. The van der Waals surface area contributed by atoms with E-state index in [1.165, 1.54) is 0 Å². The topological polar surface area (TPSA) is 65.2 Å². The van der Waals surface area contributed by atoms with Gasteiger partial charge in [-0.15, -0.1) is 10.2 Å². The van der Waals surface area contributed by atoms with Crippen LogP contribution in [0.25, 0.3) is 11.5 Å². The molecule has 128 valence electrons. The Morgan fingerprint density at radius 3 is 2.60 bits per heavy atom. The van der Waals surface area contributed by atoms with Crippen molar-refractivity contribution in [2.24, 2.45) is 0 Å². The molecule has 0 aliphatic rings. The summed E-state index contributed by atoms with van der Waals surface area (Å²) in [6.07, 6.45) is 0. The number of nitrogens with zero attached hydrogens (tertiary/aromatic N) is 2. The van der Waals surface area contributed by atoms with E-state index in [4.69, 9.17) is 20.8 Å². The molecule has 0 saturated carbocycles. The van der Waals surface area contributed by atoms with Crippen molar-refractivity contribution < 1.29 is 13.9 Å². The van der Waals surface area contributed by atoms with E-state index < -0.39 is 11.4 Å². The van der Waals surface area contributed by atoms with Gasteiger partial charge in [0, 0.05) is 10.6 Å². The Balaban J connectivity index is 1.67. The van der Waals surface area contributed by atoms with Gasteiger partial charge in [-0.2, -0.15) is 0 Å². The predicted molar refractivity (Wildman–Crippen MR) is 94.0 cm³/mol. The molecule has 1 aromatic heterocycles. The first-order valence-corrected chi connectivity index (χ1v) is 8.15. The highest BCUT2D eigenvalue weighted by atomic mass is 35.5. The summed E-state index contributed by atoms with van der Waals surface area (Å²) in [6, 6.07) is 16.6. The number of carbonyl (C=O) groups is 1. The highest BCUT2D eigenvalue weighted by Gasteiger charge is 2.32. The van der Waals surface area contributed by atoms with Gasteiger partial charge in [0.05, 0.1) is 5.41 Å². The first kappa shape index (κ1) is 17.2. The molecule has 0 aliphatic carbocycles. The van der Waals surface area contributed by atoms with Crippen LogP contribution in [-0.4, -0.2) is 16.2 Å². The monoisotopic (exact) mass is 356 g/mol. The molecule has 0 N–H and O–H groups in total. The quantitative estimate of drug-likeness (QED) is 0.633. The van der Waals surface area contributed by atoms with Crippen LogP contribution in [-0.2, 0) is 21.6 Å². The van der Waals surface area contributed by atoms with Crippen LogP contribution in [0, 0.1) is 0 Å². The van der Waals surface area contributed by atoms with Crippen LogP contribution in [0.15, 0.2) is 59.0 Å². The first-order valence-electron chi connectivity index (χ1n) is 7.78. The highest BCUT2D eigenvalue weighted by Crippen LogP contribution is 2.27. The molecule has 0 spiro atoms. The Hall–Kier alpha value is -2.66. The van der Waals surface area contributed by atoms with Gasteiger partial charge < -0.3 is 9.15 Å². The number of hydrogen-bond acceptors (Lipinski definition) is 5. The second-order valence-electron chi connectivity index (χ2n) is 6.08. The molecule has 1 heterocycles.